The monoisotopic (exact) mass is 319 g/mol. The Hall–Kier alpha value is -1.22. The molecule has 0 spiro atoms. The summed E-state index contributed by atoms with van der Waals surface area (Å²) in [5.74, 6) is -0.851. The maximum atomic E-state index is 10.7. The summed E-state index contributed by atoms with van der Waals surface area (Å²) in [6, 6.07) is 0. The molecule has 0 bridgehead atoms. The third-order valence-electron chi connectivity index (χ3n) is 1.91. The molecule has 0 unspecified atom stereocenters. The fourth-order valence-corrected chi connectivity index (χ4v) is 1.68. The zero-order valence-electron chi connectivity index (χ0n) is 7.33. The summed E-state index contributed by atoms with van der Waals surface area (Å²) in [4.78, 5) is 12.1. The molecule has 2 heterocycles. The first-order chi connectivity index (χ1) is 7.09. The molecule has 0 fully saturated rings. The number of aliphatic hydroxyl groups is 1. The molecule has 2 aliphatic rings. The molecule has 0 amide bonds. The molecule has 0 saturated heterocycles. The van der Waals surface area contributed by atoms with Crippen molar-refractivity contribution >= 4 is 40.1 Å². The molecule has 6 nitrogen and oxygen atoms in total. The van der Waals surface area contributed by atoms with Gasteiger partial charge in [0.15, 0.2) is 17.8 Å². The lowest BCUT2D eigenvalue weighted by Crippen LogP contribution is -2.46. The van der Waals surface area contributed by atoms with Crippen molar-refractivity contribution in [1.29, 1.82) is 0 Å². The molecular formula is C8H6IN3O3. The van der Waals surface area contributed by atoms with Crippen LogP contribution < -0.4 is 0 Å². The lowest BCUT2D eigenvalue weighted by atomic mass is 10.2. The highest BCUT2D eigenvalue weighted by atomic mass is 127. The van der Waals surface area contributed by atoms with E-state index in [1.807, 2.05) is 0 Å². The first kappa shape index (κ1) is 10.3. The number of nitrogens with zero attached hydrogens (tertiary/aromatic N) is 3. The molecular weight excluding hydrogens is 313 g/mol. The number of halogens is 1. The Morgan fingerprint density at radius 3 is 2.87 bits per heavy atom. The Morgan fingerprint density at radius 1 is 1.47 bits per heavy atom. The van der Waals surface area contributed by atoms with Crippen molar-refractivity contribution in [1.82, 2.24) is 4.90 Å². The molecule has 1 atom stereocenters. The van der Waals surface area contributed by atoms with E-state index in [1.54, 1.807) is 18.4 Å². The molecule has 2 rings (SSSR count). The lowest BCUT2D eigenvalue weighted by Gasteiger charge is -2.29. The number of aliphatic hydroxyl groups excluding tert-OH is 1. The van der Waals surface area contributed by atoms with Gasteiger partial charge in [-0.1, -0.05) is 0 Å². The Kier molecular flexibility index (Phi) is 2.57. The number of carboxylic acid groups (broad SMARTS) is 1. The molecule has 78 valence electrons. The van der Waals surface area contributed by atoms with E-state index < -0.39 is 12.2 Å². The van der Waals surface area contributed by atoms with Crippen LogP contribution in [-0.2, 0) is 4.79 Å². The number of amidine groups is 1. The quantitative estimate of drug-likeness (QED) is 0.681. The van der Waals surface area contributed by atoms with Crippen LogP contribution in [0.5, 0.6) is 0 Å². The normalized spacial score (nSPS) is 24.0. The average molecular weight is 319 g/mol. The second kappa shape index (κ2) is 3.74. The Balaban J connectivity index is 2.40. The minimum absolute atomic E-state index is 0.380. The average Bonchev–Trinajstić information content (AvgIpc) is 2.19. The van der Waals surface area contributed by atoms with Crippen molar-refractivity contribution < 1.29 is 15.0 Å². The minimum Gasteiger partial charge on any atom is -0.477 e. The molecule has 0 aliphatic carbocycles. The number of hydrogen-bond donors (Lipinski definition) is 2. The molecule has 0 aromatic heterocycles. The van der Waals surface area contributed by atoms with Crippen molar-refractivity contribution in [2.45, 2.75) is 6.23 Å². The Morgan fingerprint density at radius 2 is 2.20 bits per heavy atom. The van der Waals surface area contributed by atoms with Gasteiger partial charge in [0, 0.05) is 9.78 Å². The van der Waals surface area contributed by atoms with E-state index in [1.165, 1.54) is 4.90 Å². The van der Waals surface area contributed by atoms with Crippen LogP contribution in [0.15, 0.2) is 32.1 Å². The highest BCUT2D eigenvalue weighted by Gasteiger charge is 2.31. The third-order valence-corrected chi connectivity index (χ3v) is 2.54. The van der Waals surface area contributed by atoms with Crippen molar-refractivity contribution in [2.24, 2.45) is 10.2 Å². The van der Waals surface area contributed by atoms with Gasteiger partial charge in [-0.3, -0.25) is 4.90 Å². The second-order valence-electron chi connectivity index (χ2n) is 2.88. The summed E-state index contributed by atoms with van der Waals surface area (Å²) in [6.45, 7) is 0. The Bertz CT molecular complexity index is 438. The molecule has 0 aromatic carbocycles. The van der Waals surface area contributed by atoms with Crippen LogP contribution in [0.2, 0.25) is 0 Å². The van der Waals surface area contributed by atoms with Gasteiger partial charge in [-0.2, -0.15) is 0 Å². The lowest BCUT2D eigenvalue weighted by molar-refractivity contribution is -0.130. The number of hydrogen-bond acceptors (Lipinski definition) is 5. The first-order valence-corrected chi connectivity index (χ1v) is 5.08. The van der Waals surface area contributed by atoms with E-state index in [0.717, 1.165) is 3.58 Å². The fraction of sp³-hybridized carbons (Fsp3) is 0.125. The molecule has 15 heavy (non-hydrogen) atoms. The van der Waals surface area contributed by atoms with Crippen LogP contribution in [0.4, 0.5) is 0 Å². The molecule has 7 heteroatoms. The van der Waals surface area contributed by atoms with E-state index in [2.05, 4.69) is 32.8 Å². The van der Waals surface area contributed by atoms with Crippen LogP contribution in [0.25, 0.3) is 0 Å². The van der Waals surface area contributed by atoms with Crippen LogP contribution in [-0.4, -0.2) is 38.9 Å². The van der Waals surface area contributed by atoms with E-state index in [4.69, 9.17) is 5.11 Å². The summed E-state index contributed by atoms with van der Waals surface area (Å²) in [6.07, 6.45) is 3.78. The number of carboxylic acids is 1. The largest absolute Gasteiger partial charge is 0.477 e. The van der Waals surface area contributed by atoms with Crippen LogP contribution in [0, 0.1) is 0 Å². The van der Waals surface area contributed by atoms with E-state index in [9.17, 15) is 9.90 Å². The summed E-state index contributed by atoms with van der Waals surface area (Å²) in [5, 5.41) is 25.6. The number of rotatable bonds is 1. The number of fused-ring (bicyclic) bond motifs is 1. The number of carbonyl (C=O) groups is 1. The van der Waals surface area contributed by atoms with Crippen molar-refractivity contribution in [3.05, 3.63) is 21.9 Å². The van der Waals surface area contributed by atoms with Crippen molar-refractivity contribution in [2.75, 3.05) is 0 Å². The zero-order valence-corrected chi connectivity index (χ0v) is 9.49. The van der Waals surface area contributed by atoms with Gasteiger partial charge in [0.2, 0.25) is 0 Å². The van der Waals surface area contributed by atoms with E-state index in [0.29, 0.717) is 5.84 Å². The van der Waals surface area contributed by atoms with Gasteiger partial charge in [0.05, 0.1) is 0 Å². The number of aliphatic carboxylic acids is 1. The van der Waals surface area contributed by atoms with Gasteiger partial charge in [0.25, 0.3) is 0 Å². The maximum Gasteiger partial charge on any atom is 0.356 e. The molecule has 0 radical (unpaired) electrons. The smallest absolute Gasteiger partial charge is 0.356 e. The van der Waals surface area contributed by atoms with Gasteiger partial charge in [-0.15, -0.1) is 10.2 Å². The van der Waals surface area contributed by atoms with Gasteiger partial charge in [0.1, 0.15) is 0 Å². The van der Waals surface area contributed by atoms with Gasteiger partial charge < -0.3 is 10.2 Å². The SMILES string of the molecule is O=C(O)C1=NN=C2C=CC(I)=CN2[C@H]1O. The van der Waals surface area contributed by atoms with Gasteiger partial charge in [-0.25, -0.2) is 4.79 Å². The summed E-state index contributed by atoms with van der Waals surface area (Å²) < 4.78 is 0.872. The van der Waals surface area contributed by atoms with Crippen LogP contribution in [0.1, 0.15) is 0 Å². The fourth-order valence-electron chi connectivity index (χ4n) is 1.20. The second-order valence-corrected chi connectivity index (χ2v) is 4.12. The molecule has 0 saturated carbocycles. The van der Waals surface area contributed by atoms with Gasteiger partial charge >= 0.3 is 5.97 Å². The highest BCUT2D eigenvalue weighted by molar-refractivity contribution is 14.1. The molecule has 0 aromatic rings. The maximum absolute atomic E-state index is 10.7. The summed E-state index contributed by atoms with van der Waals surface area (Å²) >= 11 is 2.06. The summed E-state index contributed by atoms with van der Waals surface area (Å²) in [5.41, 5.74) is -0.380. The molecule has 2 N–H and O–H groups in total. The van der Waals surface area contributed by atoms with Crippen LogP contribution in [0.3, 0.4) is 0 Å². The first-order valence-electron chi connectivity index (χ1n) is 4.00. The standard InChI is InChI=1S/C8H6IN3O3/c9-4-1-2-5-10-11-6(8(14)15)7(13)12(5)3-4/h1-3,7,13H,(H,14,15)/t7-/m0/s1. The Labute approximate surface area is 98.4 Å². The van der Waals surface area contributed by atoms with Gasteiger partial charge in [-0.05, 0) is 34.7 Å². The third kappa shape index (κ3) is 1.79. The zero-order chi connectivity index (χ0) is 11.0. The van der Waals surface area contributed by atoms with Crippen LogP contribution >= 0.6 is 22.6 Å². The van der Waals surface area contributed by atoms with Crippen molar-refractivity contribution in [3.8, 4) is 0 Å². The number of allylic oxidation sites excluding steroid dienone is 2. The predicted molar refractivity (Wildman–Crippen MR) is 61.6 cm³/mol. The van der Waals surface area contributed by atoms with E-state index >= 15 is 0 Å². The minimum atomic E-state index is -1.29. The highest BCUT2D eigenvalue weighted by Crippen LogP contribution is 2.20. The topological polar surface area (TPSA) is 85.5 Å². The van der Waals surface area contributed by atoms with Crippen molar-refractivity contribution in [3.63, 3.8) is 0 Å². The molecule has 2 aliphatic heterocycles. The van der Waals surface area contributed by atoms with E-state index in [-0.39, 0.29) is 5.71 Å². The predicted octanol–water partition coefficient (Wildman–Crippen LogP) is 0.306. The summed E-state index contributed by atoms with van der Waals surface area (Å²) in [7, 11) is 0.